The molecule has 2 amide bonds. The van der Waals surface area contributed by atoms with Gasteiger partial charge in [0, 0.05) is 17.6 Å². The topological polar surface area (TPSA) is 86.8 Å². The van der Waals surface area contributed by atoms with E-state index in [1.54, 1.807) is 37.3 Å². The number of carbonyl (C=O) groups excluding carboxylic acids is 2. The van der Waals surface area contributed by atoms with Crippen molar-refractivity contribution in [2.24, 2.45) is 0 Å². The van der Waals surface area contributed by atoms with Gasteiger partial charge < -0.3 is 10.2 Å². The van der Waals surface area contributed by atoms with E-state index in [4.69, 9.17) is 11.6 Å². The van der Waals surface area contributed by atoms with Crippen molar-refractivity contribution < 1.29 is 18.0 Å². The largest absolute Gasteiger partial charge is 0.352 e. The predicted molar refractivity (Wildman–Crippen MR) is 152 cm³/mol. The number of halogens is 1. The number of anilines is 1. The van der Waals surface area contributed by atoms with Crippen molar-refractivity contribution in [3.05, 3.63) is 94.5 Å². The summed E-state index contributed by atoms with van der Waals surface area (Å²) in [6, 6.07) is 19.4. The molecule has 1 N–H and O–H groups in total. The van der Waals surface area contributed by atoms with Crippen molar-refractivity contribution in [2.45, 2.75) is 58.1 Å². The van der Waals surface area contributed by atoms with Crippen LogP contribution in [0.25, 0.3) is 0 Å². The lowest BCUT2D eigenvalue weighted by atomic mass is 10.1. The first kappa shape index (κ1) is 29.2. The number of aryl methyl sites for hydroxylation is 2. The summed E-state index contributed by atoms with van der Waals surface area (Å²) < 4.78 is 28.6. The Kier molecular flexibility index (Phi) is 9.57. The summed E-state index contributed by atoms with van der Waals surface area (Å²) in [6.45, 7) is 8.70. The molecule has 0 bridgehead atoms. The second-order valence-corrected chi connectivity index (χ2v) is 11.8. The number of rotatable bonds is 10. The van der Waals surface area contributed by atoms with E-state index in [1.807, 2.05) is 52.0 Å². The second-order valence-electron chi connectivity index (χ2n) is 9.55. The molecule has 0 heterocycles. The standard InChI is InChI=1S/C29H34ClN3O4S/c1-20(2)31-29(35)23(5)32(18-24-12-10-9-11-21(24)3)28(34)19-33(25-16-15-22(4)27(30)17-25)38(36,37)26-13-7-6-8-14-26/h6-17,20,23H,18-19H2,1-5H3,(H,31,35)/t23-/m0/s1. The van der Waals surface area contributed by atoms with Crippen molar-refractivity contribution in [3.8, 4) is 0 Å². The monoisotopic (exact) mass is 555 g/mol. The summed E-state index contributed by atoms with van der Waals surface area (Å²) in [4.78, 5) is 28.3. The molecule has 0 aliphatic heterocycles. The highest BCUT2D eigenvalue weighted by molar-refractivity contribution is 7.92. The number of nitrogens with zero attached hydrogens (tertiary/aromatic N) is 2. The van der Waals surface area contributed by atoms with Crippen LogP contribution in [0.1, 0.15) is 37.5 Å². The minimum absolute atomic E-state index is 0.0422. The summed E-state index contributed by atoms with van der Waals surface area (Å²) in [5, 5.41) is 3.23. The molecule has 0 aliphatic rings. The number of nitrogens with one attached hydrogen (secondary N) is 1. The molecule has 0 radical (unpaired) electrons. The fourth-order valence-corrected chi connectivity index (χ4v) is 5.55. The van der Waals surface area contributed by atoms with Crippen LogP contribution < -0.4 is 9.62 Å². The molecule has 0 saturated carbocycles. The average Bonchev–Trinajstić information content (AvgIpc) is 2.88. The van der Waals surface area contributed by atoms with E-state index >= 15 is 0 Å². The van der Waals surface area contributed by atoms with Gasteiger partial charge in [-0.05, 0) is 75.6 Å². The summed E-state index contributed by atoms with van der Waals surface area (Å²) in [5.41, 5.74) is 2.86. The van der Waals surface area contributed by atoms with Gasteiger partial charge in [0.05, 0.1) is 10.6 Å². The molecule has 0 unspecified atom stereocenters. The van der Waals surface area contributed by atoms with Crippen molar-refractivity contribution in [1.29, 1.82) is 0 Å². The Morgan fingerprint density at radius 2 is 1.53 bits per heavy atom. The van der Waals surface area contributed by atoms with E-state index in [-0.39, 0.29) is 29.1 Å². The maximum atomic E-state index is 13.9. The average molecular weight is 556 g/mol. The zero-order valence-electron chi connectivity index (χ0n) is 22.3. The van der Waals surface area contributed by atoms with Crippen LogP contribution in [-0.4, -0.2) is 43.8 Å². The van der Waals surface area contributed by atoms with Gasteiger partial charge in [-0.2, -0.15) is 0 Å². The highest BCUT2D eigenvalue weighted by Gasteiger charge is 2.33. The molecule has 202 valence electrons. The lowest BCUT2D eigenvalue weighted by Crippen LogP contribution is -2.52. The first-order valence-corrected chi connectivity index (χ1v) is 14.2. The smallest absolute Gasteiger partial charge is 0.264 e. The third-order valence-electron chi connectivity index (χ3n) is 6.25. The van der Waals surface area contributed by atoms with Crippen LogP contribution in [0.3, 0.4) is 0 Å². The van der Waals surface area contributed by atoms with Crippen molar-refractivity contribution >= 4 is 39.1 Å². The fraction of sp³-hybridized carbons (Fsp3) is 0.310. The molecule has 3 aromatic rings. The molecule has 0 spiro atoms. The van der Waals surface area contributed by atoms with Crippen LogP contribution in [-0.2, 0) is 26.2 Å². The maximum Gasteiger partial charge on any atom is 0.264 e. The first-order valence-electron chi connectivity index (χ1n) is 12.4. The Balaban J connectivity index is 2.06. The summed E-state index contributed by atoms with van der Waals surface area (Å²) >= 11 is 6.35. The highest BCUT2D eigenvalue weighted by Crippen LogP contribution is 2.28. The third-order valence-corrected chi connectivity index (χ3v) is 8.45. The summed E-state index contributed by atoms with van der Waals surface area (Å²) in [7, 11) is -4.13. The molecule has 0 saturated heterocycles. The maximum absolute atomic E-state index is 13.9. The minimum Gasteiger partial charge on any atom is -0.352 e. The quantitative estimate of drug-likeness (QED) is 0.377. The van der Waals surface area contributed by atoms with Crippen LogP contribution in [0, 0.1) is 13.8 Å². The number of sulfonamides is 1. The molecule has 0 fully saturated rings. The molecular formula is C29H34ClN3O4S. The lowest BCUT2D eigenvalue weighted by molar-refractivity contribution is -0.139. The van der Waals surface area contributed by atoms with Crippen LogP contribution in [0.4, 0.5) is 5.69 Å². The van der Waals surface area contributed by atoms with Crippen LogP contribution in [0.15, 0.2) is 77.7 Å². The van der Waals surface area contributed by atoms with E-state index in [0.717, 1.165) is 21.0 Å². The van der Waals surface area contributed by atoms with E-state index in [1.165, 1.54) is 23.1 Å². The zero-order chi connectivity index (χ0) is 28.0. The predicted octanol–water partition coefficient (Wildman–Crippen LogP) is 5.09. The Morgan fingerprint density at radius 1 is 0.895 bits per heavy atom. The van der Waals surface area contributed by atoms with Crippen LogP contribution in [0.2, 0.25) is 5.02 Å². The molecule has 0 aromatic heterocycles. The molecule has 7 nitrogen and oxygen atoms in total. The lowest BCUT2D eigenvalue weighted by Gasteiger charge is -2.32. The minimum atomic E-state index is -4.13. The molecule has 0 aliphatic carbocycles. The van der Waals surface area contributed by atoms with Gasteiger partial charge in [0.15, 0.2) is 0 Å². The molecule has 1 atom stereocenters. The SMILES string of the molecule is Cc1ccc(N(CC(=O)N(Cc2ccccc2C)[C@@H](C)C(=O)NC(C)C)S(=O)(=O)c2ccccc2)cc1Cl. The van der Waals surface area contributed by atoms with Gasteiger partial charge in [0.2, 0.25) is 11.8 Å². The normalized spacial score (nSPS) is 12.2. The zero-order valence-corrected chi connectivity index (χ0v) is 23.9. The number of benzene rings is 3. The van der Waals surface area contributed by atoms with Crippen molar-refractivity contribution in [2.75, 3.05) is 10.8 Å². The number of hydrogen-bond acceptors (Lipinski definition) is 4. The van der Waals surface area contributed by atoms with Crippen molar-refractivity contribution in [3.63, 3.8) is 0 Å². The summed E-state index contributed by atoms with van der Waals surface area (Å²) in [6.07, 6.45) is 0. The van der Waals surface area contributed by atoms with Gasteiger partial charge in [-0.25, -0.2) is 8.42 Å². The Morgan fingerprint density at radius 3 is 2.13 bits per heavy atom. The Labute approximate surface area is 230 Å². The molecule has 3 rings (SSSR count). The van der Waals surface area contributed by atoms with E-state index in [2.05, 4.69) is 5.32 Å². The number of amides is 2. The fourth-order valence-electron chi connectivity index (χ4n) is 3.94. The highest BCUT2D eigenvalue weighted by atomic mass is 35.5. The molecule has 9 heteroatoms. The first-order chi connectivity index (χ1) is 17.9. The van der Waals surface area contributed by atoms with E-state index < -0.39 is 28.5 Å². The van der Waals surface area contributed by atoms with Crippen molar-refractivity contribution in [1.82, 2.24) is 10.2 Å². The molecule has 38 heavy (non-hydrogen) atoms. The second kappa shape index (κ2) is 12.5. The number of carbonyl (C=O) groups is 2. The van der Waals surface area contributed by atoms with Gasteiger partial charge >= 0.3 is 0 Å². The van der Waals surface area contributed by atoms with Gasteiger partial charge in [-0.1, -0.05) is 60.1 Å². The Bertz CT molecular complexity index is 1390. The van der Waals surface area contributed by atoms with E-state index in [0.29, 0.717) is 5.02 Å². The van der Waals surface area contributed by atoms with Gasteiger partial charge in [0.1, 0.15) is 12.6 Å². The Hall–Kier alpha value is -3.36. The van der Waals surface area contributed by atoms with Gasteiger partial charge in [0.25, 0.3) is 10.0 Å². The van der Waals surface area contributed by atoms with Crippen LogP contribution in [0.5, 0.6) is 0 Å². The van der Waals surface area contributed by atoms with E-state index in [9.17, 15) is 18.0 Å². The number of hydrogen-bond donors (Lipinski definition) is 1. The summed E-state index contributed by atoms with van der Waals surface area (Å²) in [5.74, 6) is -0.839. The van der Waals surface area contributed by atoms with Gasteiger partial charge in [-0.3, -0.25) is 13.9 Å². The molecular weight excluding hydrogens is 522 g/mol. The molecule has 3 aromatic carbocycles. The van der Waals surface area contributed by atoms with Crippen LogP contribution >= 0.6 is 11.6 Å². The van der Waals surface area contributed by atoms with Gasteiger partial charge in [-0.15, -0.1) is 0 Å². The third kappa shape index (κ3) is 6.94.